The van der Waals surface area contributed by atoms with Crippen LogP contribution in [0.5, 0.6) is 5.75 Å². The minimum absolute atomic E-state index is 0.0770. The molecule has 0 fully saturated rings. The van der Waals surface area contributed by atoms with Crippen LogP contribution in [0, 0.1) is 0 Å². The van der Waals surface area contributed by atoms with Crippen molar-refractivity contribution in [1.82, 2.24) is 4.90 Å². The maximum Gasteiger partial charge on any atom is 0.255 e. The van der Waals surface area contributed by atoms with Gasteiger partial charge in [0.25, 0.3) is 5.91 Å². The fraction of sp³-hybridized carbons (Fsp3) is 0.217. The molecule has 2 N–H and O–H groups in total. The molecule has 1 aromatic heterocycles. The predicted octanol–water partition coefficient (Wildman–Crippen LogP) is 4.01. The first-order valence-electron chi connectivity index (χ1n) is 9.75. The van der Waals surface area contributed by atoms with Gasteiger partial charge in [-0.05, 0) is 72.0 Å². The molecule has 0 saturated heterocycles. The summed E-state index contributed by atoms with van der Waals surface area (Å²) in [4.78, 5) is 28.2. The van der Waals surface area contributed by atoms with Crippen LogP contribution in [0.3, 0.4) is 0 Å². The summed E-state index contributed by atoms with van der Waals surface area (Å²) >= 11 is 1.76. The van der Waals surface area contributed by atoms with E-state index in [-0.39, 0.29) is 18.4 Å². The lowest BCUT2D eigenvalue weighted by molar-refractivity contribution is -0.130. The standard InChI is InChI=1S/C23H23N3O3S/c1-29-20-8-6-19(7-9-20)25-23(28)16-2-4-18(5-3-16)24-14-22(27)26-12-10-21-17(15-26)11-13-30-21/h2-9,11,13,24H,10,12,14-15H2,1H3,(H,25,28). The van der Waals surface area contributed by atoms with E-state index in [9.17, 15) is 9.59 Å². The van der Waals surface area contributed by atoms with E-state index in [2.05, 4.69) is 22.1 Å². The summed E-state index contributed by atoms with van der Waals surface area (Å²) in [5.41, 5.74) is 3.30. The number of rotatable bonds is 6. The van der Waals surface area contributed by atoms with Crippen molar-refractivity contribution in [1.29, 1.82) is 0 Å². The first-order chi connectivity index (χ1) is 14.6. The summed E-state index contributed by atoms with van der Waals surface area (Å²) in [6.07, 6.45) is 0.927. The highest BCUT2D eigenvalue weighted by molar-refractivity contribution is 7.10. The number of hydrogen-bond donors (Lipinski definition) is 2. The molecular formula is C23H23N3O3S. The van der Waals surface area contributed by atoms with Crippen molar-refractivity contribution in [2.24, 2.45) is 0 Å². The second-order valence-corrected chi connectivity index (χ2v) is 8.05. The Morgan fingerprint density at radius 3 is 2.50 bits per heavy atom. The van der Waals surface area contributed by atoms with E-state index in [0.717, 1.165) is 24.4 Å². The second kappa shape index (κ2) is 9.00. The summed E-state index contributed by atoms with van der Waals surface area (Å²) in [7, 11) is 1.60. The Bertz CT molecular complexity index is 1030. The van der Waals surface area contributed by atoms with Crippen LogP contribution in [0.25, 0.3) is 0 Å². The SMILES string of the molecule is COc1ccc(NC(=O)c2ccc(NCC(=O)N3CCc4sccc4C3)cc2)cc1. The number of carbonyl (C=O) groups is 2. The normalized spacial score (nSPS) is 12.8. The first-order valence-corrected chi connectivity index (χ1v) is 10.6. The number of thiophene rings is 1. The van der Waals surface area contributed by atoms with Crippen LogP contribution >= 0.6 is 11.3 Å². The average molecular weight is 422 g/mol. The van der Waals surface area contributed by atoms with Crippen LogP contribution in [0.15, 0.2) is 60.0 Å². The molecule has 0 aliphatic carbocycles. The van der Waals surface area contributed by atoms with Crippen molar-refractivity contribution in [3.8, 4) is 5.75 Å². The molecule has 0 spiro atoms. The number of methoxy groups -OCH3 is 1. The Kier molecular flexibility index (Phi) is 5.99. The maximum atomic E-state index is 12.5. The van der Waals surface area contributed by atoms with Crippen LogP contribution in [-0.4, -0.2) is 36.9 Å². The van der Waals surface area contributed by atoms with Gasteiger partial charge in [0, 0.05) is 34.9 Å². The van der Waals surface area contributed by atoms with E-state index in [1.165, 1.54) is 10.4 Å². The molecule has 0 bridgehead atoms. The minimum atomic E-state index is -0.192. The van der Waals surface area contributed by atoms with E-state index in [1.807, 2.05) is 17.0 Å². The smallest absolute Gasteiger partial charge is 0.255 e. The molecule has 154 valence electrons. The molecule has 2 amide bonds. The van der Waals surface area contributed by atoms with Gasteiger partial charge in [-0.1, -0.05) is 0 Å². The van der Waals surface area contributed by atoms with Crippen LogP contribution in [-0.2, 0) is 17.8 Å². The highest BCUT2D eigenvalue weighted by Gasteiger charge is 2.21. The molecular weight excluding hydrogens is 398 g/mol. The number of benzene rings is 2. The van der Waals surface area contributed by atoms with Gasteiger partial charge in [-0.2, -0.15) is 0 Å². The summed E-state index contributed by atoms with van der Waals surface area (Å²) in [5.74, 6) is 0.620. The average Bonchev–Trinajstić information content (AvgIpc) is 3.26. The van der Waals surface area contributed by atoms with Gasteiger partial charge in [0.1, 0.15) is 5.75 Å². The Morgan fingerprint density at radius 1 is 1.03 bits per heavy atom. The monoisotopic (exact) mass is 421 g/mol. The molecule has 0 radical (unpaired) electrons. The number of hydrogen-bond acceptors (Lipinski definition) is 5. The van der Waals surface area contributed by atoms with E-state index >= 15 is 0 Å². The molecule has 0 atom stereocenters. The minimum Gasteiger partial charge on any atom is -0.497 e. The van der Waals surface area contributed by atoms with Crippen molar-refractivity contribution in [2.75, 3.05) is 30.8 Å². The van der Waals surface area contributed by atoms with E-state index in [4.69, 9.17) is 4.74 Å². The number of fused-ring (bicyclic) bond motifs is 1. The molecule has 0 unspecified atom stereocenters. The van der Waals surface area contributed by atoms with Crippen molar-refractivity contribution in [3.05, 3.63) is 76.0 Å². The molecule has 7 heteroatoms. The Hall–Kier alpha value is -3.32. The number of nitrogens with zero attached hydrogens (tertiary/aromatic N) is 1. The highest BCUT2D eigenvalue weighted by Crippen LogP contribution is 2.24. The van der Waals surface area contributed by atoms with Crippen molar-refractivity contribution < 1.29 is 14.3 Å². The zero-order valence-electron chi connectivity index (χ0n) is 16.7. The molecule has 2 aromatic carbocycles. The van der Waals surface area contributed by atoms with Gasteiger partial charge in [0.05, 0.1) is 13.7 Å². The van der Waals surface area contributed by atoms with Crippen LogP contribution in [0.4, 0.5) is 11.4 Å². The fourth-order valence-corrected chi connectivity index (χ4v) is 4.26. The maximum absolute atomic E-state index is 12.5. The van der Waals surface area contributed by atoms with Crippen LogP contribution < -0.4 is 15.4 Å². The molecule has 1 aliphatic heterocycles. The van der Waals surface area contributed by atoms with Crippen molar-refractivity contribution in [3.63, 3.8) is 0 Å². The van der Waals surface area contributed by atoms with Gasteiger partial charge in [-0.25, -0.2) is 0 Å². The molecule has 30 heavy (non-hydrogen) atoms. The zero-order chi connectivity index (χ0) is 20.9. The number of nitrogens with one attached hydrogen (secondary N) is 2. The second-order valence-electron chi connectivity index (χ2n) is 7.05. The van der Waals surface area contributed by atoms with Crippen molar-refractivity contribution in [2.45, 2.75) is 13.0 Å². The Balaban J connectivity index is 1.29. The van der Waals surface area contributed by atoms with Crippen LogP contribution in [0.2, 0.25) is 0 Å². The third kappa shape index (κ3) is 4.63. The van der Waals surface area contributed by atoms with Gasteiger partial charge in [0.15, 0.2) is 0 Å². The first kappa shape index (κ1) is 20.0. The van der Waals surface area contributed by atoms with Crippen molar-refractivity contribution >= 4 is 34.5 Å². The lowest BCUT2D eigenvalue weighted by Crippen LogP contribution is -2.38. The summed E-state index contributed by atoms with van der Waals surface area (Å²) in [5, 5.41) is 8.09. The van der Waals surface area contributed by atoms with Gasteiger partial charge in [-0.15, -0.1) is 11.3 Å². The third-order valence-corrected chi connectivity index (χ3v) is 6.12. The quantitative estimate of drug-likeness (QED) is 0.631. The molecule has 3 aromatic rings. The summed E-state index contributed by atoms with van der Waals surface area (Å²) < 4.78 is 5.12. The van der Waals surface area contributed by atoms with E-state index in [0.29, 0.717) is 17.8 Å². The van der Waals surface area contributed by atoms with Gasteiger partial charge >= 0.3 is 0 Å². The Morgan fingerprint density at radius 2 is 1.77 bits per heavy atom. The zero-order valence-corrected chi connectivity index (χ0v) is 17.5. The Labute approximate surface area is 179 Å². The van der Waals surface area contributed by atoms with Gasteiger partial charge in [-0.3, -0.25) is 9.59 Å². The molecule has 0 saturated carbocycles. The topological polar surface area (TPSA) is 70.7 Å². The molecule has 1 aliphatic rings. The summed E-state index contributed by atoms with van der Waals surface area (Å²) in [6, 6.07) is 16.4. The van der Waals surface area contributed by atoms with E-state index in [1.54, 1.807) is 54.8 Å². The number of amides is 2. The largest absolute Gasteiger partial charge is 0.497 e. The van der Waals surface area contributed by atoms with Gasteiger partial charge in [0.2, 0.25) is 5.91 Å². The lowest BCUT2D eigenvalue weighted by Gasteiger charge is -2.27. The van der Waals surface area contributed by atoms with E-state index < -0.39 is 0 Å². The molecule has 2 heterocycles. The summed E-state index contributed by atoms with van der Waals surface area (Å²) in [6.45, 7) is 1.68. The highest BCUT2D eigenvalue weighted by atomic mass is 32.1. The lowest BCUT2D eigenvalue weighted by atomic mass is 10.1. The van der Waals surface area contributed by atoms with Crippen LogP contribution in [0.1, 0.15) is 20.8 Å². The molecule has 4 rings (SSSR count). The van der Waals surface area contributed by atoms with Gasteiger partial charge < -0.3 is 20.3 Å². The molecule has 6 nitrogen and oxygen atoms in total. The predicted molar refractivity (Wildman–Crippen MR) is 119 cm³/mol. The number of carbonyl (C=O) groups excluding carboxylic acids is 2. The number of anilines is 2. The third-order valence-electron chi connectivity index (χ3n) is 5.10. The fourth-order valence-electron chi connectivity index (χ4n) is 3.37. The number of ether oxygens (including phenoxy) is 1.